The van der Waals surface area contributed by atoms with Crippen molar-refractivity contribution in [2.24, 2.45) is 0 Å². The topological polar surface area (TPSA) is 57.5 Å². The summed E-state index contributed by atoms with van der Waals surface area (Å²) in [6, 6.07) is 12.9. The summed E-state index contributed by atoms with van der Waals surface area (Å²) in [5.74, 6) is 0.763. The maximum Gasteiger partial charge on any atom is 0.250 e. The maximum atomic E-state index is 12.1. The third kappa shape index (κ3) is 3.80. The second-order valence-electron chi connectivity index (χ2n) is 7.97. The van der Waals surface area contributed by atoms with E-state index in [2.05, 4.69) is 52.2 Å². The highest BCUT2D eigenvalue weighted by Crippen LogP contribution is 2.29. The molecule has 156 valence electrons. The molecule has 0 N–H and O–H groups in total. The highest BCUT2D eigenvalue weighted by atomic mass is 16.2. The van der Waals surface area contributed by atoms with Crippen LogP contribution in [-0.4, -0.2) is 65.6 Å². The number of pyridine rings is 1. The lowest BCUT2D eigenvalue weighted by Crippen LogP contribution is -2.32. The Morgan fingerprint density at radius 1 is 1.27 bits per heavy atom. The van der Waals surface area contributed by atoms with E-state index in [4.69, 9.17) is 4.98 Å². The first kappa shape index (κ1) is 20.1. The molecule has 0 spiro atoms. The van der Waals surface area contributed by atoms with E-state index in [-0.39, 0.29) is 5.91 Å². The van der Waals surface area contributed by atoms with Crippen LogP contribution in [0, 0.1) is 0 Å². The van der Waals surface area contributed by atoms with Gasteiger partial charge < -0.3 is 19.3 Å². The summed E-state index contributed by atoms with van der Waals surface area (Å²) in [7, 11) is 5.98. The number of likely N-dealkylation sites (N-methyl/N-ethyl adjacent to an activating group) is 2. The molecule has 1 aliphatic heterocycles. The number of benzene rings is 1. The van der Waals surface area contributed by atoms with Gasteiger partial charge in [-0.1, -0.05) is 36.9 Å². The molecular formula is C23H28N6O. The van der Waals surface area contributed by atoms with E-state index in [1.807, 2.05) is 24.3 Å². The van der Waals surface area contributed by atoms with Crippen LogP contribution < -0.4 is 9.80 Å². The van der Waals surface area contributed by atoms with Gasteiger partial charge in [0.1, 0.15) is 0 Å². The number of aromatic nitrogens is 3. The zero-order chi connectivity index (χ0) is 21.3. The van der Waals surface area contributed by atoms with Crippen molar-refractivity contribution in [3.63, 3.8) is 0 Å². The predicted octanol–water partition coefficient (Wildman–Crippen LogP) is 2.77. The predicted molar refractivity (Wildman–Crippen MR) is 121 cm³/mol. The molecular weight excluding hydrogens is 376 g/mol. The van der Waals surface area contributed by atoms with Crippen molar-refractivity contribution in [2.45, 2.75) is 19.0 Å². The van der Waals surface area contributed by atoms with Crippen LogP contribution in [-0.2, 0) is 11.3 Å². The van der Waals surface area contributed by atoms with Gasteiger partial charge in [0.25, 0.3) is 0 Å². The van der Waals surface area contributed by atoms with Gasteiger partial charge in [0, 0.05) is 26.2 Å². The quantitative estimate of drug-likeness (QED) is 0.592. The van der Waals surface area contributed by atoms with Gasteiger partial charge >= 0.3 is 0 Å². The molecule has 30 heavy (non-hydrogen) atoms. The summed E-state index contributed by atoms with van der Waals surface area (Å²) >= 11 is 0. The first-order valence-corrected chi connectivity index (χ1v) is 10.2. The van der Waals surface area contributed by atoms with Crippen LogP contribution in [0.4, 0.5) is 11.6 Å². The first-order valence-electron chi connectivity index (χ1n) is 10.2. The Bertz CT molecular complexity index is 1060. The van der Waals surface area contributed by atoms with Crippen LogP contribution in [0.15, 0.2) is 55.3 Å². The van der Waals surface area contributed by atoms with Gasteiger partial charge in [-0.15, -0.1) is 0 Å². The number of imidazole rings is 1. The monoisotopic (exact) mass is 404 g/mol. The molecule has 0 bridgehead atoms. The molecule has 1 amide bonds. The van der Waals surface area contributed by atoms with Gasteiger partial charge in [-0.3, -0.25) is 4.79 Å². The number of hydrogen-bond donors (Lipinski definition) is 0. The number of hydrogen-bond acceptors (Lipinski definition) is 5. The molecule has 7 heteroatoms. The smallest absolute Gasteiger partial charge is 0.250 e. The summed E-state index contributed by atoms with van der Waals surface area (Å²) < 4.78 is 2.21. The number of rotatable bonds is 6. The van der Waals surface area contributed by atoms with Crippen LogP contribution in [0.25, 0.3) is 11.2 Å². The minimum atomic E-state index is -0.168. The van der Waals surface area contributed by atoms with E-state index in [0.717, 1.165) is 36.7 Å². The van der Waals surface area contributed by atoms with E-state index in [0.29, 0.717) is 18.2 Å². The molecule has 1 aliphatic rings. The van der Waals surface area contributed by atoms with Gasteiger partial charge in [-0.05, 0) is 38.2 Å². The lowest BCUT2D eigenvalue weighted by molar-refractivity contribution is -0.113. The summed E-state index contributed by atoms with van der Waals surface area (Å²) in [6.45, 7) is 6.17. The molecule has 3 aromatic rings. The minimum Gasteiger partial charge on any atom is -0.341 e. The van der Waals surface area contributed by atoms with Gasteiger partial charge in [-0.2, -0.15) is 4.98 Å². The SMILES string of the molecule is C=CC(=O)N(C)c1cnc2nc(N3CC[C@H](N(C)C)C3)n(Cc3ccccc3)c2c1. The van der Waals surface area contributed by atoms with Crippen molar-refractivity contribution in [1.29, 1.82) is 0 Å². The van der Waals surface area contributed by atoms with E-state index < -0.39 is 0 Å². The standard InChI is InChI=1S/C23H28N6O/c1-5-21(30)27(4)19-13-20-22(24-14-19)25-23(28-12-11-18(16-28)26(2)3)29(20)15-17-9-7-6-8-10-17/h5-10,13-14,18H,1,11-12,15-16H2,2-4H3/t18-/m0/s1. The number of anilines is 2. The molecule has 3 heterocycles. The first-order chi connectivity index (χ1) is 14.5. The van der Waals surface area contributed by atoms with Crippen molar-refractivity contribution in [3.05, 3.63) is 60.8 Å². The molecule has 1 fully saturated rings. The van der Waals surface area contributed by atoms with Crippen molar-refractivity contribution >= 4 is 28.7 Å². The molecule has 0 saturated carbocycles. The van der Waals surface area contributed by atoms with Crippen molar-refractivity contribution in [2.75, 3.05) is 44.0 Å². The second-order valence-corrected chi connectivity index (χ2v) is 7.97. The van der Waals surface area contributed by atoms with Crippen molar-refractivity contribution < 1.29 is 4.79 Å². The van der Waals surface area contributed by atoms with Gasteiger partial charge in [-0.25, -0.2) is 4.98 Å². The Hall–Kier alpha value is -3.19. The molecule has 1 saturated heterocycles. The van der Waals surface area contributed by atoms with E-state index >= 15 is 0 Å². The average Bonchev–Trinajstić information content (AvgIpc) is 3.38. The van der Waals surface area contributed by atoms with Crippen molar-refractivity contribution in [1.82, 2.24) is 19.4 Å². The summed E-state index contributed by atoms with van der Waals surface area (Å²) in [5.41, 5.74) is 3.53. The average molecular weight is 405 g/mol. The van der Waals surface area contributed by atoms with Gasteiger partial charge in [0.05, 0.1) is 23.9 Å². The zero-order valence-corrected chi connectivity index (χ0v) is 17.8. The highest BCUT2D eigenvalue weighted by molar-refractivity contribution is 6.01. The fourth-order valence-electron chi connectivity index (χ4n) is 3.94. The Kier molecular flexibility index (Phi) is 5.55. The van der Waals surface area contributed by atoms with Crippen LogP contribution in [0.1, 0.15) is 12.0 Å². The maximum absolute atomic E-state index is 12.1. The number of carbonyl (C=O) groups excluding carboxylic acids is 1. The third-order valence-electron chi connectivity index (χ3n) is 5.82. The second kappa shape index (κ2) is 8.28. The van der Waals surface area contributed by atoms with E-state index in [9.17, 15) is 4.79 Å². The molecule has 0 aliphatic carbocycles. The summed E-state index contributed by atoms with van der Waals surface area (Å²) in [5, 5.41) is 0. The largest absolute Gasteiger partial charge is 0.341 e. The molecule has 1 atom stereocenters. The Morgan fingerprint density at radius 2 is 2.03 bits per heavy atom. The molecule has 0 unspecified atom stereocenters. The van der Waals surface area contributed by atoms with Crippen molar-refractivity contribution in [3.8, 4) is 0 Å². The Labute approximate surface area is 177 Å². The van der Waals surface area contributed by atoms with E-state index in [1.165, 1.54) is 11.6 Å². The Balaban J connectivity index is 1.79. The lowest BCUT2D eigenvalue weighted by atomic mass is 10.2. The molecule has 7 nitrogen and oxygen atoms in total. The Morgan fingerprint density at radius 3 is 2.70 bits per heavy atom. The van der Waals surface area contributed by atoms with E-state index in [1.54, 1.807) is 18.1 Å². The number of amides is 1. The lowest BCUT2D eigenvalue weighted by Gasteiger charge is -2.22. The normalized spacial score (nSPS) is 16.4. The van der Waals surface area contributed by atoms with Crippen LogP contribution in [0.5, 0.6) is 0 Å². The van der Waals surface area contributed by atoms with Crippen LogP contribution in [0.3, 0.4) is 0 Å². The van der Waals surface area contributed by atoms with Crippen LogP contribution in [0.2, 0.25) is 0 Å². The summed E-state index contributed by atoms with van der Waals surface area (Å²) in [6.07, 6.45) is 4.11. The highest BCUT2D eigenvalue weighted by Gasteiger charge is 2.28. The van der Waals surface area contributed by atoms with Gasteiger partial charge in [0.15, 0.2) is 5.65 Å². The minimum absolute atomic E-state index is 0.168. The molecule has 1 aromatic carbocycles. The third-order valence-corrected chi connectivity index (χ3v) is 5.82. The fourth-order valence-corrected chi connectivity index (χ4v) is 3.94. The fraction of sp³-hybridized carbons (Fsp3) is 0.348. The molecule has 0 radical (unpaired) electrons. The van der Waals surface area contributed by atoms with Crippen LogP contribution >= 0.6 is 0 Å². The number of carbonyl (C=O) groups is 1. The number of fused-ring (bicyclic) bond motifs is 1. The molecule has 2 aromatic heterocycles. The molecule has 4 rings (SSSR count). The van der Waals surface area contributed by atoms with Gasteiger partial charge in [0.2, 0.25) is 11.9 Å². The number of nitrogens with zero attached hydrogens (tertiary/aromatic N) is 6. The zero-order valence-electron chi connectivity index (χ0n) is 17.8. The summed E-state index contributed by atoms with van der Waals surface area (Å²) in [4.78, 5) is 27.7.